The summed E-state index contributed by atoms with van der Waals surface area (Å²) in [5.74, 6) is -0.550. The van der Waals surface area contributed by atoms with Crippen LogP contribution < -0.4 is 9.64 Å². The van der Waals surface area contributed by atoms with Crippen molar-refractivity contribution in [2.75, 3.05) is 24.5 Å². The standard InChI is InChI=1S/C24H24FN3O3S/c1-15-2-5-18(6-3-15)28-14-16(12-22(28)29)23(30)27-10-8-19(9-11-27)31-24-26-20-7-4-17(25)13-21(20)32-24/h2-7,13,16,19H,8-12,14H2,1H3. The maximum absolute atomic E-state index is 13.4. The number of carbonyl (C=O) groups excluding carboxylic acids is 2. The number of carbonyl (C=O) groups is 2. The lowest BCUT2D eigenvalue weighted by molar-refractivity contribution is -0.137. The molecule has 3 heterocycles. The van der Waals surface area contributed by atoms with Gasteiger partial charge >= 0.3 is 0 Å². The summed E-state index contributed by atoms with van der Waals surface area (Å²) in [6, 6.07) is 12.3. The van der Waals surface area contributed by atoms with Crippen molar-refractivity contribution >= 4 is 39.1 Å². The van der Waals surface area contributed by atoms with Crippen LogP contribution in [-0.2, 0) is 9.59 Å². The Morgan fingerprint density at radius 1 is 1.16 bits per heavy atom. The van der Waals surface area contributed by atoms with Gasteiger partial charge < -0.3 is 14.5 Å². The number of rotatable bonds is 4. The zero-order valence-electron chi connectivity index (χ0n) is 17.8. The van der Waals surface area contributed by atoms with E-state index >= 15 is 0 Å². The number of hydrogen-bond donors (Lipinski definition) is 0. The van der Waals surface area contributed by atoms with Crippen LogP contribution in [0, 0.1) is 18.7 Å². The molecule has 0 bridgehead atoms. The summed E-state index contributed by atoms with van der Waals surface area (Å²) in [6.07, 6.45) is 1.64. The van der Waals surface area contributed by atoms with Gasteiger partial charge in [0.25, 0.3) is 5.19 Å². The second kappa shape index (κ2) is 8.50. The van der Waals surface area contributed by atoms with E-state index < -0.39 is 0 Å². The number of fused-ring (bicyclic) bond motifs is 1. The van der Waals surface area contributed by atoms with Crippen LogP contribution >= 0.6 is 11.3 Å². The van der Waals surface area contributed by atoms with E-state index in [-0.39, 0.29) is 36.1 Å². The topological polar surface area (TPSA) is 62.7 Å². The number of anilines is 1. The van der Waals surface area contributed by atoms with Crippen LogP contribution in [0.4, 0.5) is 10.1 Å². The number of thiazole rings is 1. The van der Waals surface area contributed by atoms with Crippen LogP contribution in [0.25, 0.3) is 10.2 Å². The van der Waals surface area contributed by atoms with Crippen LogP contribution in [0.3, 0.4) is 0 Å². The molecule has 32 heavy (non-hydrogen) atoms. The van der Waals surface area contributed by atoms with Crippen LogP contribution in [0.5, 0.6) is 5.19 Å². The predicted molar refractivity (Wildman–Crippen MR) is 121 cm³/mol. The van der Waals surface area contributed by atoms with Crippen molar-refractivity contribution in [1.82, 2.24) is 9.88 Å². The lowest BCUT2D eigenvalue weighted by atomic mass is 10.0. The number of aromatic nitrogens is 1. The monoisotopic (exact) mass is 453 g/mol. The molecule has 3 aromatic rings. The summed E-state index contributed by atoms with van der Waals surface area (Å²) in [4.78, 5) is 33.6. The average Bonchev–Trinajstić information content (AvgIpc) is 3.37. The van der Waals surface area contributed by atoms with E-state index in [1.807, 2.05) is 36.1 Å². The Hall–Kier alpha value is -3.00. The highest BCUT2D eigenvalue weighted by atomic mass is 32.1. The van der Waals surface area contributed by atoms with Crippen molar-refractivity contribution in [3.8, 4) is 5.19 Å². The summed E-state index contributed by atoms with van der Waals surface area (Å²) in [6.45, 7) is 3.63. The van der Waals surface area contributed by atoms with Gasteiger partial charge in [0, 0.05) is 44.6 Å². The lowest BCUT2D eigenvalue weighted by Crippen LogP contribution is -2.44. The molecule has 2 amide bonds. The second-order valence-corrected chi connectivity index (χ2v) is 9.47. The van der Waals surface area contributed by atoms with Crippen molar-refractivity contribution in [3.63, 3.8) is 0 Å². The van der Waals surface area contributed by atoms with Crippen molar-refractivity contribution in [2.45, 2.75) is 32.3 Å². The zero-order valence-corrected chi connectivity index (χ0v) is 18.6. The third kappa shape index (κ3) is 4.19. The third-order valence-corrected chi connectivity index (χ3v) is 7.08. The van der Waals surface area contributed by atoms with E-state index in [2.05, 4.69) is 4.98 Å². The van der Waals surface area contributed by atoms with Gasteiger partial charge in [0.1, 0.15) is 11.9 Å². The van der Waals surface area contributed by atoms with Crippen molar-refractivity contribution in [1.29, 1.82) is 0 Å². The van der Waals surface area contributed by atoms with Crippen LogP contribution in [-0.4, -0.2) is 47.4 Å². The fourth-order valence-corrected chi connectivity index (χ4v) is 5.28. The maximum atomic E-state index is 13.4. The first-order valence-corrected chi connectivity index (χ1v) is 11.7. The van der Waals surface area contributed by atoms with Crippen molar-refractivity contribution < 1.29 is 18.7 Å². The van der Waals surface area contributed by atoms with Gasteiger partial charge in [-0.15, -0.1) is 0 Å². The summed E-state index contributed by atoms with van der Waals surface area (Å²) in [5.41, 5.74) is 2.71. The van der Waals surface area contributed by atoms with Gasteiger partial charge in [-0.1, -0.05) is 29.0 Å². The van der Waals surface area contributed by atoms with Gasteiger partial charge in [0.15, 0.2) is 0 Å². The Morgan fingerprint density at radius 3 is 2.66 bits per heavy atom. The second-order valence-electron chi connectivity index (χ2n) is 8.48. The molecule has 1 aromatic heterocycles. The largest absolute Gasteiger partial charge is 0.467 e. The number of amides is 2. The third-order valence-electron chi connectivity index (χ3n) is 6.17. The smallest absolute Gasteiger partial charge is 0.274 e. The summed E-state index contributed by atoms with van der Waals surface area (Å²) < 4.78 is 20.2. The molecule has 0 saturated carbocycles. The van der Waals surface area contributed by atoms with E-state index in [1.54, 1.807) is 11.0 Å². The Balaban J connectivity index is 1.16. The molecular formula is C24H24FN3O3S. The predicted octanol–water partition coefficient (Wildman–Crippen LogP) is 4.17. The van der Waals surface area contributed by atoms with E-state index in [9.17, 15) is 14.0 Å². The van der Waals surface area contributed by atoms with Gasteiger partial charge in [-0.25, -0.2) is 9.37 Å². The number of halogens is 1. The van der Waals surface area contributed by atoms with Crippen molar-refractivity contribution in [2.24, 2.45) is 5.92 Å². The van der Waals surface area contributed by atoms with Crippen LogP contribution in [0.15, 0.2) is 42.5 Å². The molecule has 2 aliphatic heterocycles. The van der Waals surface area contributed by atoms with E-state index in [4.69, 9.17) is 4.74 Å². The van der Waals surface area contributed by atoms with Crippen LogP contribution in [0.1, 0.15) is 24.8 Å². The Labute approximate surface area is 189 Å². The molecule has 2 aromatic carbocycles. The Bertz CT molecular complexity index is 1160. The molecule has 1 atom stereocenters. The number of piperidine rings is 1. The normalized spacial score (nSPS) is 19.7. The quantitative estimate of drug-likeness (QED) is 0.595. The fraction of sp³-hybridized carbons (Fsp3) is 0.375. The number of nitrogens with zero attached hydrogens (tertiary/aromatic N) is 3. The summed E-state index contributed by atoms with van der Waals surface area (Å²) in [5, 5.41) is 0.533. The Kier molecular flexibility index (Phi) is 5.55. The number of ether oxygens (including phenoxy) is 1. The molecule has 166 valence electrons. The Morgan fingerprint density at radius 2 is 1.91 bits per heavy atom. The molecule has 5 rings (SSSR count). The van der Waals surface area contributed by atoms with Gasteiger partial charge in [-0.3, -0.25) is 9.59 Å². The summed E-state index contributed by atoms with van der Waals surface area (Å²) in [7, 11) is 0. The molecule has 0 radical (unpaired) electrons. The van der Waals surface area contributed by atoms with Gasteiger partial charge in [0.2, 0.25) is 11.8 Å². The first-order chi connectivity index (χ1) is 15.5. The van der Waals surface area contributed by atoms with E-state index in [0.717, 1.165) is 21.5 Å². The lowest BCUT2D eigenvalue weighted by Gasteiger charge is -2.33. The molecule has 2 saturated heterocycles. The minimum atomic E-state index is -0.305. The zero-order chi connectivity index (χ0) is 22.2. The molecule has 2 fully saturated rings. The van der Waals surface area contributed by atoms with Gasteiger partial charge in [0.05, 0.1) is 16.1 Å². The first kappa shape index (κ1) is 20.9. The average molecular weight is 454 g/mol. The molecule has 2 aliphatic rings. The fourth-order valence-electron chi connectivity index (χ4n) is 4.37. The highest BCUT2D eigenvalue weighted by Crippen LogP contribution is 2.31. The minimum Gasteiger partial charge on any atom is -0.467 e. The highest BCUT2D eigenvalue weighted by Gasteiger charge is 2.38. The molecular weight excluding hydrogens is 429 g/mol. The van der Waals surface area contributed by atoms with Gasteiger partial charge in [-0.05, 0) is 37.3 Å². The SMILES string of the molecule is Cc1ccc(N2CC(C(=O)N3CCC(Oc4nc5ccc(F)cc5s4)CC3)CC2=O)cc1. The van der Waals surface area contributed by atoms with E-state index in [1.165, 1.54) is 23.5 Å². The molecule has 8 heteroatoms. The van der Waals surface area contributed by atoms with Gasteiger partial charge in [-0.2, -0.15) is 0 Å². The molecule has 0 spiro atoms. The maximum Gasteiger partial charge on any atom is 0.274 e. The molecule has 0 N–H and O–H groups in total. The number of benzene rings is 2. The number of likely N-dealkylation sites (tertiary alicyclic amines) is 1. The van der Waals surface area contributed by atoms with Crippen molar-refractivity contribution in [3.05, 3.63) is 53.8 Å². The molecule has 0 aliphatic carbocycles. The number of aryl methyl sites for hydroxylation is 1. The summed E-state index contributed by atoms with van der Waals surface area (Å²) >= 11 is 1.33. The highest BCUT2D eigenvalue weighted by molar-refractivity contribution is 7.20. The van der Waals surface area contributed by atoms with Crippen LogP contribution in [0.2, 0.25) is 0 Å². The molecule has 6 nitrogen and oxygen atoms in total. The minimum absolute atomic E-state index is 0.00213. The molecule has 1 unspecified atom stereocenters. The number of hydrogen-bond acceptors (Lipinski definition) is 5. The first-order valence-electron chi connectivity index (χ1n) is 10.8. The van der Waals surface area contributed by atoms with E-state index in [0.29, 0.717) is 37.7 Å².